The van der Waals surface area contributed by atoms with Crippen molar-refractivity contribution in [2.24, 2.45) is 5.92 Å². The van der Waals surface area contributed by atoms with Crippen LogP contribution in [0.4, 0.5) is 0 Å². The maximum absolute atomic E-state index is 10.6. The number of carbonyl (C=O) groups excluding carboxylic acids is 1. The smallest absolute Gasteiger partial charge is 0.361 e. The van der Waals surface area contributed by atoms with Crippen LogP contribution >= 0.6 is 0 Å². The second-order valence-electron chi connectivity index (χ2n) is 2.49. The van der Waals surface area contributed by atoms with Gasteiger partial charge in [-0.15, -0.1) is 0 Å². The molecule has 0 radical (unpaired) electrons. The van der Waals surface area contributed by atoms with Crippen LogP contribution in [0.1, 0.15) is 20.3 Å². The fourth-order valence-corrected chi connectivity index (χ4v) is 0.446. The maximum Gasteiger partial charge on any atom is 0.403 e. The van der Waals surface area contributed by atoms with Crippen molar-refractivity contribution in [2.75, 3.05) is 7.05 Å². The number of hydrogen-bond acceptors (Lipinski definition) is 3. The largest absolute Gasteiger partial charge is 0.403 e. The van der Waals surface area contributed by atoms with Gasteiger partial charge in [0.05, 0.1) is 0 Å². The molecule has 0 aliphatic carbocycles. The van der Waals surface area contributed by atoms with Crippen LogP contribution in [0.15, 0.2) is 0 Å². The molecule has 0 atom stereocenters. The van der Waals surface area contributed by atoms with Gasteiger partial charge in [0.15, 0.2) is 0 Å². The number of nitrogens with one attached hydrogen (secondary N) is 1. The Bertz CT molecular complexity index is 176. The molecule has 0 aromatic carbocycles. The maximum atomic E-state index is 10.6. The quantitative estimate of drug-likeness (QED) is 0.471. The molecule has 0 spiro atoms. The summed E-state index contributed by atoms with van der Waals surface area (Å²) in [7, 11) is 1.52. The Morgan fingerprint density at radius 3 is 2.73 bits per heavy atom. The van der Waals surface area contributed by atoms with Gasteiger partial charge < -0.3 is 4.84 Å². The molecule has 0 bridgehead atoms. The van der Waals surface area contributed by atoms with Gasteiger partial charge in [0, 0.05) is 19.4 Å². The summed E-state index contributed by atoms with van der Waals surface area (Å²) in [5.41, 5.74) is 2.25. The molecule has 0 amide bonds. The summed E-state index contributed by atoms with van der Waals surface area (Å²) in [6, 6.07) is 0. The van der Waals surface area contributed by atoms with Crippen LogP contribution in [-0.4, -0.2) is 13.0 Å². The Morgan fingerprint density at radius 2 is 2.27 bits per heavy atom. The number of rotatable bonds is 2. The molecule has 0 fully saturated rings. The van der Waals surface area contributed by atoms with E-state index in [-0.39, 0.29) is 0 Å². The molecule has 0 saturated heterocycles. The molecule has 0 unspecified atom stereocenters. The van der Waals surface area contributed by atoms with Crippen LogP contribution in [0.25, 0.3) is 0 Å². The van der Waals surface area contributed by atoms with Crippen LogP contribution in [0.5, 0.6) is 0 Å². The zero-order chi connectivity index (χ0) is 8.69. The summed E-state index contributed by atoms with van der Waals surface area (Å²) in [5.74, 6) is 5.00. The topological polar surface area (TPSA) is 38.3 Å². The third-order valence-electron chi connectivity index (χ3n) is 0.896. The zero-order valence-corrected chi connectivity index (χ0v) is 7.10. The summed E-state index contributed by atoms with van der Waals surface area (Å²) < 4.78 is 0. The fourth-order valence-electron chi connectivity index (χ4n) is 0.446. The highest BCUT2D eigenvalue weighted by Gasteiger charge is 1.92. The molecule has 0 aromatic rings. The molecule has 3 heteroatoms. The molecular formula is C8H13NO2. The minimum Gasteiger partial charge on any atom is -0.361 e. The summed E-state index contributed by atoms with van der Waals surface area (Å²) in [5, 5.41) is 0. The van der Waals surface area contributed by atoms with E-state index >= 15 is 0 Å². The highest BCUT2D eigenvalue weighted by molar-refractivity contribution is 5.88. The van der Waals surface area contributed by atoms with Gasteiger partial charge in [0.2, 0.25) is 0 Å². The van der Waals surface area contributed by atoms with E-state index in [1.54, 1.807) is 0 Å². The van der Waals surface area contributed by atoms with E-state index in [0.717, 1.165) is 6.42 Å². The number of hydrogen-bond donors (Lipinski definition) is 1. The van der Waals surface area contributed by atoms with Crippen LogP contribution in [0, 0.1) is 17.8 Å². The first-order chi connectivity index (χ1) is 5.16. The molecule has 0 rings (SSSR count). The van der Waals surface area contributed by atoms with Gasteiger partial charge in [-0.3, -0.25) is 0 Å². The van der Waals surface area contributed by atoms with Crippen LogP contribution in [0.3, 0.4) is 0 Å². The first-order valence-corrected chi connectivity index (χ1v) is 3.53. The second-order valence-corrected chi connectivity index (χ2v) is 2.49. The molecule has 1 N–H and O–H groups in total. The predicted molar refractivity (Wildman–Crippen MR) is 42.4 cm³/mol. The molecule has 0 heterocycles. The van der Waals surface area contributed by atoms with Gasteiger partial charge in [-0.1, -0.05) is 19.8 Å². The molecule has 0 saturated carbocycles. The molecule has 62 valence electrons. The van der Waals surface area contributed by atoms with Crippen molar-refractivity contribution in [1.29, 1.82) is 0 Å². The SMILES string of the molecule is CNOC(=O)C#CCC(C)C. The molecule has 3 nitrogen and oxygen atoms in total. The molecule has 0 aliphatic heterocycles. The third kappa shape index (κ3) is 6.88. The van der Waals surface area contributed by atoms with Crippen molar-refractivity contribution in [2.45, 2.75) is 20.3 Å². The van der Waals surface area contributed by atoms with Crippen molar-refractivity contribution in [3.8, 4) is 11.8 Å². The highest BCUT2D eigenvalue weighted by Crippen LogP contribution is 1.95. The lowest BCUT2D eigenvalue weighted by Gasteiger charge is -1.93. The average molecular weight is 155 g/mol. The van der Waals surface area contributed by atoms with Gasteiger partial charge in [0.25, 0.3) is 0 Å². The van der Waals surface area contributed by atoms with E-state index in [0.29, 0.717) is 5.92 Å². The Kier molecular flexibility index (Phi) is 5.22. The van der Waals surface area contributed by atoms with Crippen LogP contribution in [-0.2, 0) is 9.63 Å². The van der Waals surface area contributed by atoms with Gasteiger partial charge in [-0.25, -0.2) is 4.79 Å². The first kappa shape index (κ1) is 9.99. The van der Waals surface area contributed by atoms with Gasteiger partial charge in [-0.2, -0.15) is 5.48 Å². The average Bonchev–Trinajstić information content (AvgIpc) is 1.87. The lowest BCUT2D eigenvalue weighted by atomic mass is 10.1. The minimum absolute atomic E-state index is 0.491. The summed E-state index contributed by atoms with van der Waals surface area (Å²) in [4.78, 5) is 14.9. The first-order valence-electron chi connectivity index (χ1n) is 3.53. The van der Waals surface area contributed by atoms with E-state index in [2.05, 4.69) is 22.2 Å². The standard InChI is InChI=1S/C8H13NO2/c1-7(2)5-4-6-8(10)11-9-3/h7,9H,5H2,1-3H3. The van der Waals surface area contributed by atoms with Crippen molar-refractivity contribution in [3.63, 3.8) is 0 Å². The predicted octanol–water partition coefficient (Wildman–Crippen LogP) is 0.714. The lowest BCUT2D eigenvalue weighted by molar-refractivity contribution is -0.142. The summed E-state index contributed by atoms with van der Waals surface area (Å²) in [6.07, 6.45) is 0.721. The minimum atomic E-state index is -0.534. The second kappa shape index (κ2) is 5.75. The number of hydroxylamine groups is 1. The van der Waals surface area contributed by atoms with Crippen molar-refractivity contribution < 1.29 is 9.63 Å². The van der Waals surface area contributed by atoms with Gasteiger partial charge >= 0.3 is 5.97 Å². The molecular weight excluding hydrogens is 142 g/mol. The Hall–Kier alpha value is -1.01. The molecule has 0 aromatic heterocycles. The Labute approximate surface area is 67.1 Å². The van der Waals surface area contributed by atoms with Gasteiger partial charge in [0.1, 0.15) is 0 Å². The fraction of sp³-hybridized carbons (Fsp3) is 0.625. The monoisotopic (exact) mass is 155 g/mol. The highest BCUT2D eigenvalue weighted by atomic mass is 16.7. The number of carbonyl (C=O) groups is 1. The zero-order valence-electron chi connectivity index (χ0n) is 7.10. The Morgan fingerprint density at radius 1 is 1.64 bits per heavy atom. The van der Waals surface area contributed by atoms with Crippen molar-refractivity contribution in [1.82, 2.24) is 5.48 Å². The molecule has 0 aliphatic rings. The van der Waals surface area contributed by atoms with E-state index in [4.69, 9.17) is 0 Å². The normalized spacial score (nSPS) is 8.73. The molecule has 11 heavy (non-hydrogen) atoms. The van der Waals surface area contributed by atoms with E-state index < -0.39 is 5.97 Å². The van der Waals surface area contributed by atoms with Gasteiger partial charge in [-0.05, 0) is 5.92 Å². The van der Waals surface area contributed by atoms with Crippen LogP contribution in [0.2, 0.25) is 0 Å². The lowest BCUT2D eigenvalue weighted by Crippen LogP contribution is -2.12. The summed E-state index contributed by atoms with van der Waals surface area (Å²) >= 11 is 0. The van der Waals surface area contributed by atoms with Crippen molar-refractivity contribution in [3.05, 3.63) is 0 Å². The van der Waals surface area contributed by atoms with E-state index in [9.17, 15) is 4.79 Å². The van der Waals surface area contributed by atoms with E-state index in [1.807, 2.05) is 13.8 Å². The third-order valence-corrected chi connectivity index (χ3v) is 0.896. The van der Waals surface area contributed by atoms with Crippen molar-refractivity contribution >= 4 is 5.97 Å². The van der Waals surface area contributed by atoms with Crippen LogP contribution < -0.4 is 5.48 Å². The summed E-state index contributed by atoms with van der Waals surface area (Å²) in [6.45, 7) is 4.08. The Balaban J connectivity index is 3.60. The van der Waals surface area contributed by atoms with E-state index in [1.165, 1.54) is 7.05 Å².